The van der Waals surface area contributed by atoms with Gasteiger partial charge in [-0.15, -0.1) is 0 Å². The van der Waals surface area contributed by atoms with Crippen LogP contribution in [0.25, 0.3) is 0 Å². The smallest absolute Gasteiger partial charge is 0.117 e. The Balaban J connectivity index is 3.28. The van der Waals surface area contributed by atoms with Gasteiger partial charge in [0, 0.05) is 0 Å². The molecule has 0 radical (unpaired) electrons. The van der Waals surface area contributed by atoms with Gasteiger partial charge in [0.15, 0.2) is 0 Å². The summed E-state index contributed by atoms with van der Waals surface area (Å²) in [6.45, 7) is 4.31. The first kappa shape index (κ1) is 9.20. The van der Waals surface area contributed by atoms with Gasteiger partial charge in [-0.25, -0.2) is 0 Å². The minimum Gasteiger partial charge on any atom is -0.410 e. The van der Waals surface area contributed by atoms with E-state index in [-0.39, 0.29) is 0 Å². The summed E-state index contributed by atoms with van der Waals surface area (Å²) in [5.41, 5.74) is 0. The van der Waals surface area contributed by atoms with E-state index in [1.165, 1.54) is 0 Å². The number of nitrogens with zero attached hydrogens (tertiary/aromatic N) is 1. The van der Waals surface area contributed by atoms with E-state index in [4.69, 9.17) is 5.21 Å². The Hall–Kier alpha value is 0.200. The zero-order valence-corrected chi connectivity index (χ0v) is 7.92. The first-order valence-corrected chi connectivity index (χ1v) is 4.11. The van der Waals surface area contributed by atoms with E-state index in [0.717, 1.165) is 16.6 Å². The van der Waals surface area contributed by atoms with Crippen molar-refractivity contribution in [1.82, 2.24) is 0 Å². The van der Waals surface area contributed by atoms with Gasteiger partial charge in [-0.3, -0.25) is 0 Å². The quantitative estimate of drug-likeness (QED) is 0.350. The molecular weight excluding hydrogens is 229 g/mol. The predicted molar refractivity (Wildman–Crippen MR) is 47.3 cm³/mol. The number of oxime groups is 1. The second-order valence-corrected chi connectivity index (χ2v) is 3.65. The average Bonchev–Trinajstić information content (AvgIpc) is 1.83. The van der Waals surface area contributed by atoms with E-state index in [9.17, 15) is 0 Å². The van der Waals surface area contributed by atoms with Gasteiger partial charge < -0.3 is 5.21 Å². The van der Waals surface area contributed by atoms with Crippen LogP contribution in [-0.4, -0.2) is 8.93 Å². The van der Waals surface area contributed by atoms with Gasteiger partial charge in [-0.2, -0.15) is 0 Å². The van der Waals surface area contributed by atoms with Crippen molar-refractivity contribution in [2.24, 2.45) is 11.1 Å². The molecule has 0 heterocycles. The molecule has 0 saturated heterocycles. The molecule has 0 aliphatic heterocycles. The number of halogens is 1. The van der Waals surface area contributed by atoms with Crippen molar-refractivity contribution >= 4 is 26.3 Å². The molecule has 0 aliphatic rings. The molecule has 1 N–H and O–H groups in total. The highest BCUT2D eigenvalue weighted by molar-refractivity contribution is 14.1. The van der Waals surface area contributed by atoms with E-state index in [1.54, 1.807) is 0 Å². The molecule has 0 aromatic heterocycles. The Labute approximate surface area is 69.5 Å². The predicted octanol–water partition coefficient (Wildman–Crippen LogP) is 2.65. The number of hydrogen-bond acceptors (Lipinski definition) is 2. The largest absolute Gasteiger partial charge is 0.410 e. The van der Waals surface area contributed by atoms with Crippen LogP contribution in [0.5, 0.6) is 0 Å². The van der Waals surface area contributed by atoms with Crippen molar-refractivity contribution < 1.29 is 5.21 Å². The Bertz CT molecular complexity index is 101. The standard InChI is InChI=1S/C6H12INO/c1-5(2)3-4-6(7)8-9/h5,9H,3-4H2,1-2H3/b8-6+. The molecule has 9 heavy (non-hydrogen) atoms. The van der Waals surface area contributed by atoms with Crippen LogP contribution in [-0.2, 0) is 0 Å². The lowest BCUT2D eigenvalue weighted by molar-refractivity contribution is 0.319. The summed E-state index contributed by atoms with van der Waals surface area (Å²) in [6, 6.07) is 0. The monoisotopic (exact) mass is 241 g/mol. The van der Waals surface area contributed by atoms with Crippen molar-refractivity contribution in [2.45, 2.75) is 26.7 Å². The summed E-state index contributed by atoms with van der Waals surface area (Å²) < 4.78 is 0.793. The summed E-state index contributed by atoms with van der Waals surface area (Å²) in [5, 5.41) is 11.3. The van der Waals surface area contributed by atoms with Crippen molar-refractivity contribution in [1.29, 1.82) is 0 Å². The SMILES string of the molecule is CC(C)CC/C(I)=N\O. The van der Waals surface area contributed by atoms with Crippen LogP contribution in [0.3, 0.4) is 0 Å². The van der Waals surface area contributed by atoms with Crippen LogP contribution < -0.4 is 0 Å². The van der Waals surface area contributed by atoms with Crippen LogP contribution in [0.4, 0.5) is 0 Å². The molecule has 0 saturated carbocycles. The fourth-order valence-corrected chi connectivity index (χ4v) is 0.769. The molecule has 0 aromatic rings. The van der Waals surface area contributed by atoms with E-state index < -0.39 is 0 Å². The Morgan fingerprint density at radius 3 is 2.56 bits per heavy atom. The van der Waals surface area contributed by atoms with Crippen LogP contribution in [0.2, 0.25) is 0 Å². The minimum atomic E-state index is 0.691. The maximum absolute atomic E-state index is 8.23. The molecule has 0 aromatic carbocycles. The Morgan fingerprint density at radius 1 is 1.67 bits per heavy atom. The third-order valence-electron chi connectivity index (χ3n) is 1.04. The molecule has 0 spiro atoms. The van der Waals surface area contributed by atoms with Gasteiger partial charge >= 0.3 is 0 Å². The lowest BCUT2D eigenvalue weighted by Gasteiger charge is -1.99. The highest BCUT2D eigenvalue weighted by atomic mass is 127. The number of rotatable bonds is 3. The zero-order chi connectivity index (χ0) is 7.28. The first-order valence-electron chi connectivity index (χ1n) is 3.03. The Morgan fingerprint density at radius 2 is 2.22 bits per heavy atom. The molecule has 2 nitrogen and oxygen atoms in total. The Kier molecular flexibility index (Phi) is 5.13. The molecule has 0 rings (SSSR count). The summed E-state index contributed by atoms with van der Waals surface area (Å²) in [4.78, 5) is 0. The zero-order valence-electron chi connectivity index (χ0n) is 5.76. The van der Waals surface area contributed by atoms with Crippen molar-refractivity contribution in [2.75, 3.05) is 0 Å². The van der Waals surface area contributed by atoms with Gasteiger partial charge in [-0.1, -0.05) is 19.0 Å². The van der Waals surface area contributed by atoms with Crippen LogP contribution in [0.15, 0.2) is 5.16 Å². The first-order chi connectivity index (χ1) is 4.16. The summed E-state index contributed by atoms with van der Waals surface area (Å²) in [6.07, 6.45) is 2.00. The summed E-state index contributed by atoms with van der Waals surface area (Å²) in [5.74, 6) is 0.691. The summed E-state index contributed by atoms with van der Waals surface area (Å²) in [7, 11) is 0. The lowest BCUT2D eigenvalue weighted by Crippen LogP contribution is -1.91. The molecule has 0 unspecified atom stereocenters. The highest BCUT2D eigenvalue weighted by Gasteiger charge is 1.96. The normalized spacial score (nSPS) is 12.7. The minimum absolute atomic E-state index is 0.691. The van der Waals surface area contributed by atoms with Gasteiger partial charge in [0.05, 0.1) is 0 Å². The third kappa shape index (κ3) is 6.08. The molecule has 3 heteroatoms. The molecular formula is C6H12INO. The van der Waals surface area contributed by atoms with Crippen LogP contribution in [0, 0.1) is 5.92 Å². The second kappa shape index (κ2) is 5.02. The number of hydrogen-bond donors (Lipinski definition) is 1. The maximum Gasteiger partial charge on any atom is 0.117 e. The fraction of sp³-hybridized carbons (Fsp3) is 0.833. The van der Waals surface area contributed by atoms with Gasteiger partial charge in [0.25, 0.3) is 0 Å². The maximum atomic E-state index is 8.23. The van der Waals surface area contributed by atoms with Gasteiger partial charge in [-0.05, 0) is 41.4 Å². The van der Waals surface area contributed by atoms with Crippen LogP contribution in [0.1, 0.15) is 26.7 Å². The van der Waals surface area contributed by atoms with E-state index in [2.05, 4.69) is 19.0 Å². The average molecular weight is 241 g/mol. The van der Waals surface area contributed by atoms with Gasteiger partial charge in [0.1, 0.15) is 3.72 Å². The van der Waals surface area contributed by atoms with Crippen LogP contribution >= 0.6 is 22.6 Å². The topological polar surface area (TPSA) is 32.6 Å². The third-order valence-corrected chi connectivity index (χ3v) is 1.79. The van der Waals surface area contributed by atoms with Crippen molar-refractivity contribution in [3.8, 4) is 0 Å². The van der Waals surface area contributed by atoms with E-state index >= 15 is 0 Å². The van der Waals surface area contributed by atoms with E-state index in [1.807, 2.05) is 22.6 Å². The molecule has 0 bridgehead atoms. The van der Waals surface area contributed by atoms with Gasteiger partial charge in [0.2, 0.25) is 0 Å². The van der Waals surface area contributed by atoms with E-state index in [0.29, 0.717) is 5.92 Å². The molecule has 0 atom stereocenters. The fourth-order valence-electron chi connectivity index (χ4n) is 0.458. The van der Waals surface area contributed by atoms with Crippen molar-refractivity contribution in [3.63, 3.8) is 0 Å². The molecule has 0 fully saturated rings. The molecule has 0 aliphatic carbocycles. The second-order valence-electron chi connectivity index (χ2n) is 2.41. The van der Waals surface area contributed by atoms with Crippen molar-refractivity contribution in [3.05, 3.63) is 0 Å². The lowest BCUT2D eigenvalue weighted by atomic mass is 10.1. The molecule has 0 amide bonds. The highest BCUT2D eigenvalue weighted by Crippen LogP contribution is 2.07. The summed E-state index contributed by atoms with van der Waals surface area (Å²) >= 11 is 2.04. The molecule has 54 valence electrons.